The molecule has 2 rings (SSSR count). The Morgan fingerprint density at radius 3 is 2.43 bits per heavy atom. The van der Waals surface area contributed by atoms with Crippen molar-refractivity contribution in [3.63, 3.8) is 0 Å². The Morgan fingerprint density at radius 1 is 1.29 bits per heavy atom. The quantitative estimate of drug-likeness (QED) is 0.847. The predicted octanol–water partition coefficient (Wildman–Crippen LogP) is 2.15. The maximum atomic E-state index is 4.27. The first-order chi connectivity index (χ1) is 6.27. The van der Waals surface area contributed by atoms with Gasteiger partial charge in [-0.05, 0) is 51.2 Å². The lowest BCUT2D eigenvalue weighted by Crippen LogP contribution is -2.32. The summed E-state index contributed by atoms with van der Waals surface area (Å²) in [6.07, 6.45) is 2.35. The van der Waals surface area contributed by atoms with Crippen molar-refractivity contribution < 1.29 is 0 Å². The molecule has 7 heteroatoms. The Bertz CT molecular complexity index is 278. The second-order valence-electron chi connectivity index (χ2n) is 3.10. The molecule has 1 aromatic heterocycles. The first-order valence-corrected chi connectivity index (χ1v) is 5.84. The maximum absolute atomic E-state index is 4.27. The first-order valence-electron chi connectivity index (χ1n) is 4.26. The van der Waals surface area contributed by atoms with Gasteiger partial charge >= 0.3 is 0 Å². The van der Waals surface area contributed by atoms with Gasteiger partial charge in [0.2, 0.25) is 0 Å². The molecule has 0 aliphatic carbocycles. The summed E-state index contributed by atoms with van der Waals surface area (Å²) < 4.78 is 1.55. The summed E-state index contributed by atoms with van der Waals surface area (Å²) in [7, 11) is 0. The van der Waals surface area contributed by atoms with Gasteiger partial charge in [0, 0.05) is 6.54 Å². The summed E-state index contributed by atoms with van der Waals surface area (Å²) in [4.78, 5) is 1.78. The molecule has 1 saturated heterocycles. The average Bonchev–Trinajstić information content (AvgIpc) is 2.49. The molecule has 1 aliphatic heterocycles. The summed E-state index contributed by atoms with van der Waals surface area (Å²) in [5.41, 5.74) is 0. The van der Waals surface area contributed by atoms with Gasteiger partial charge in [-0.3, -0.25) is 0 Å². The molecule has 1 unspecified atom stereocenters. The Balaban J connectivity index is 0.000000980. The van der Waals surface area contributed by atoms with Gasteiger partial charge in [0.1, 0.15) is 0 Å². The van der Waals surface area contributed by atoms with E-state index in [-0.39, 0.29) is 12.4 Å². The number of aromatic nitrogens is 3. The second kappa shape index (κ2) is 5.44. The van der Waals surface area contributed by atoms with Gasteiger partial charge in [-0.2, -0.15) is 4.80 Å². The van der Waals surface area contributed by atoms with E-state index in [0.29, 0.717) is 6.04 Å². The zero-order chi connectivity index (χ0) is 9.26. The van der Waals surface area contributed by atoms with Crippen LogP contribution in [-0.2, 0) is 0 Å². The first kappa shape index (κ1) is 12.4. The molecular formula is C7H11Br2ClN4. The van der Waals surface area contributed by atoms with Crippen molar-refractivity contribution in [3.8, 4) is 0 Å². The molecule has 80 valence electrons. The minimum Gasteiger partial charge on any atom is -0.315 e. The van der Waals surface area contributed by atoms with Crippen LogP contribution in [0.1, 0.15) is 18.9 Å². The van der Waals surface area contributed by atoms with Crippen molar-refractivity contribution in [3.05, 3.63) is 9.21 Å². The van der Waals surface area contributed by atoms with Gasteiger partial charge in [-0.15, -0.1) is 22.6 Å². The molecule has 0 radical (unpaired) electrons. The van der Waals surface area contributed by atoms with Gasteiger partial charge in [0.15, 0.2) is 9.21 Å². The number of halogens is 3. The van der Waals surface area contributed by atoms with Crippen LogP contribution in [0.4, 0.5) is 0 Å². The van der Waals surface area contributed by atoms with E-state index in [1.54, 1.807) is 4.80 Å². The lowest BCUT2D eigenvalue weighted by Gasteiger charge is -2.21. The molecule has 1 N–H and O–H groups in total. The van der Waals surface area contributed by atoms with Crippen molar-refractivity contribution >= 4 is 44.3 Å². The minimum absolute atomic E-state index is 0. The van der Waals surface area contributed by atoms with E-state index in [1.807, 2.05) is 0 Å². The van der Waals surface area contributed by atoms with Crippen LogP contribution < -0.4 is 5.32 Å². The van der Waals surface area contributed by atoms with Crippen LogP contribution in [0.2, 0.25) is 0 Å². The van der Waals surface area contributed by atoms with Gasteiger partial charge < -0.3 is 5.32 Å². The molecule has 4 nitrogen and oxygen atoms in total. The SMILES string of the molecule is Brc1nn(C2CCCNC2)nc1Br.Cl. The molecular weight excluding hydrogens is 335 g/mol. The highest BCUT2D eigenvalue weighted by Crippen LogP contribution is 2.21. The molecule has 0 amide bonds. The molecule has 0 bridgehead atoms. The predicted molar refractivity (Wildman–Crippen MR) is 63.8 cm³/mol. The van der Waals surface area contributed by atoms with E-state index in [9.17, 15) is 0 Å². The van der Waals surface area contributed by atoms with Gasteiger partial charge in [-0.25, -0.2) is 0 Å². The highest BCUT2D eigenvalue weighted by Gasteiger charge is 2.18. The largest absolute Gasteiger partial charge is 0.315 e. The average molecular weight is 346 g/mol. The summed E-state index contributed by atoms with van der Waals surface area (Å²) in [6.45, 7) is 2.08. The molecule has 1 atom stereocenters. The van der Waals surface area contributed by atoms with E-state index in [2.05, 4.69) is 47.4 Å². The Hall–Kier alpha value is 0.350. The number of nitrogens with zero attached hydrogens (tertiary/aromatic N) is 3. The van der Waals surface area contributed by atoms with Crippen LogP contribution in [-0.4, -0.2) is 28.1 Å². The zero-order valence-corrected chi connectivity index (χ0v) is 11.4. The molecule has 1 fully saturated rings. The van der Waals surface area contributed by atoms with Crippen LogP contribution in [0.3, 0.4) is 0 Å². The Labute approximate surface area is 105 Å². The van der Waals surface area contributed by atoms with E-state index >= 15 is 0 Å². The van der Waals surface area contributed by atoms with Crippen LogP contribution in [0.25, 0.3) is 0 Å². The van der Waals surface area contributed by atoms with Gasteiger partial charge in [0.05, 0.1) is 6.04 Å². The third kappa shape index (κ3) is 2.68. The van der Waals surface area contributed by atoms with Crippen LogP contribution >= 0.6 is 44.3 Å². The highest BCUT2D eigenvalue weighted by molar-refractivity contribution is 9.13. The van der Waals surface area contributed by atoms with E-state index in [4.69, 9.17) is 0 Å². The molecule has 14 heavy (non-hydrogen) atoms. The molecule has 1 aliphatic rings. The van der Waals surface area contributed by atoms with Gasteiger partial charge in [-0.1, -0.05) is 0 Å². The van der Waals surface area contributed by atoms with Crippen molar-refractivity contribution in [1.29, 1.82) is 0 Å². The number of rotatable bonds is 1. The molecule has 0 aromatic carbocycles. The van der Waals surface area contributed by atoms with Crippen molar-refractivity contribution in [2.24, 2.45) is 0 Å². The summed E-state index contributed by atoms with van der Waals surface area (Å²) in [6, 6.07) is 0.399. The number of hydrogen-bond acceptors (Lipinski definition) is 3. The standard InChI is InChI=1S/C7H10Br2N4.ClH/c8-6-7(9)12-13(11-6)5-2-1-3-10-4-5;/h5,10H,1-4H2;1H. The van der Waals surface area contributed by atoms with Gasteiger partial charge in [0.25, 0.3) is 0 Å². The monoisotopic (exact) mass is 344 g/mol. The van der Waals surface area contributed by atoms with E-state index in [1.165, 1.54) is 6.42 Å². The number of nitrogens with one attached hydrogen (secondary N) is 1. The van der Waals surface area contributed by atoms with Crippen LogP contribution in [0.15, 0.2) is 9.21 Å². The lowest BCUT2D eigenvalue weighted by atomic mass is 10.1. The Morgan fingerprint density at radius 2 is 1.93 bits per heavy atom. The fourth-order valence-corrected chi connectivity index (χ4v) is 1.96. The number of piperidine rings is 1. The molecule has 1 aromatic rings. The zero-order valence-electron chi connectivity index (χ0n) is 7.41. The third-order valence-electron chi connectivity index (χ3n) is 2.15. The van der Waals surface area contributed by atoms with Crippen molar-refractivity contribution in [1.82, 2.24) is 20.3 Å². The molecule has 0 spiro atoms. The normalized spacial score (nSPS) is 21.7. The molecule has 2 heterocycles. The van der Waals surface area contributed by atoms with Crippen LogP contribution in [0, 0.1) is 0 Å². The van der Waals surface area contributed by atoms with E-state index in [0.717, 1.165) is 28.7 Å². The van der Waals surface area contributed by atoms with Crippen molar-refractivity contribution in [2.45, 2.75) is 18.9 Å². The smallest absolute Gasteiger partial charge is 0.162 e. The third-order valence-corrected chi connectivity index (χ3v) is 3.75. The topological polar surface area (TPSA) is 42.7 Å². The second-order valence-corrected chi connectivity index (χ2v) is 4.60. The summed E-state index contributed by atoms with van der Waals surface area (Å²) in [5, 5.41) is 11.9. The Kier molecular flexibility index (Phi) is 4.82. The summed E-state index contributed by atoms with van der Waals surface area (Å²) >= 11 is 6.64. The van der Waals surface area contributed by atoms with Crippen LogP contribution in [0.5, 0.6) is 0 Å². The minimum atomic E-state index is 0. The summed E-state index contributed by atoms with van der Waals surface area (Å²) in [5.74, 6) is 0. The fourth-order valence-electron chi connectivity index (χ4n) is 1.48. The lowest BCUT2D eigenvalue weighted by molar-refractivity contribution is 0.316. The maximum Gasteiger partial charge on any atom is 0.162 e. The fraction of sp³-hybridized carbons (Fsp3) is 0.714. The van der Waals surface area contributed by atoms with E-state index < -0.39 is 0 Å². The number of hydrogen-bond donors (Lipinski definition) is 1. The van der Waals surface area contributed by atoms with Crippen molar-refractivity contribution in [2.75, 3.05) is 13.1 Å². The highest BCUT2D eigenvalue weighted by atomic mass is 79.9. The molecule has 0 saturated carbocycles.